The fourth-order valence-corrected chi connectivity index (χ4v) is 4.73. The molecule has 0 saturated heterocycles. The summed E-state index contributed by atoms with van der Waals surface area (Å²) in [6.07, 6.45) is -1.34. The van der Waals surface area contributed by atoms with Crippen molar-refractivity contribution in [2.45, 2.75) is 46.6 Å². The average molecular weight is 642 g/mol. The zero-order valence-corrected chi connectivity index (χ0v) is 25.6. The maximum atomic E-state index is 12.8. The van der Waals surface area contributed by atoms with Crippen molar-refractivity contribution in [2.75, 3.05) is 16.0 Å². The van der Waals surface area contributed by atoms with Crippen LogP contribution in [0.5, 0.6) is 11.6 Å². The Labute approximate surface area is 261 Å². The first kappa shape index (κ1) is 33.0. The first-order valence-electron chi connectivity index (χ1n) is 13.7. The summed E-state index contributed by atoms with van der Waals surface area (Å²) in [4.78, 5) is 38.9. The molecule has 0 aliphatic carbocycles. The zero-order valence-electron chi connectivity index (χ0n) is 24.8. The number of urea groups is 1. The molecule has 0 bridgehead atoms. The number of amidine groups is 1. The predicted molar refractivity (Wildman–Crippen MR) is 165 cm³/mol. The van der Waals surface area contributed by atoms with E-state index >= 15 is 0 Å². The summed E-state index contributed by atoms with van der Waals surface area (Å²) in [6.45, 7) is 7.85. The van der Waals surface area contributed by atoms with E-state index in [-0.39, 0.29) is 29.3 Å². The monoisotopic (exact) mass is 641 g/mol. The Bertz CT molecular complexity index is 1640. The lowest BCUT2D eigenvalue weighted by Gasteiger charge is -2.23. The van der Waals surface area contributed by atoms with Crippen LogP contribution < -0.4 is 19.7 Å². The van der Waals surface area contributed by atoms with E-state index in [1.54, 1.807) is 6.07 Å². The summed E-state index contributed by atoms with van der Waals surface area (Å²) in [5.74, 6) is 0.915. The van der Waals surface area contributed by atoms with Gasteiger partial charge < -0.3 is 14.8 Å². The van der Waals surface area contributed by atoms with Crippen molar-refractivity contribution in [2.24, 2.45) is 4.99 Å². The largest absolute Gasteiger partial charge is 0.573 e. The van der Waals surface area contributed by atoms with Crippen LogP contribution in [-0.2, 0) is 11.4 Å². The number of thioether (sulfide) groups is 1. The number of benzene rings is 2. The first-order valence-corrected chi connectivity index (χ1v) is 14.7. The minimum absolute atomic E-state index is 0.0400. The lowest BCUT2D eigenvalue weighted by atomic mass is 9.99. The van der Waals surface area contributed by atoms with Gasteiger partial charge in [-0.25, -0.2) is 19.4 Å². The number of carbonyl (C=O) groups excluding carboxylic acids is 2. The molecule has 0 fully saturated rings. The first-order chi connectivity index (χ1) is 21.5. The van der Waals surface area contributed by atoms with Crippen molar-refractivity contribution < 1.29 is 32.2 Å². The van der Waals surface area contributed by atoms with E-state index < -0.39 is 12.4 Å². The third kappa shape index (κ3) is 9.28. The van der Waals surface area contributed by atoms with Gasteiger partial charge in [0.1, 0.15) is 12.1 Å². The highest BCUT2D eigenvalue weighted by Gasteiger charge is 2.31. The van der Waals surface area contributed by atoms with E-state index in [4.69, 9.17) is 4.74 Å². The zero-order chi connectivity index (χ0) is 32.6. The molecule has 2 heterocycles. The average Bonchev–Trinajstić information content (AvgIpc) is 3.46. The fraction of sp³-hybridized carbons (Fsp3) is 0.267. The van der Waals surface area contributed by atoms with Crippen LogP contribution in [0.2, 0.25) is 0 Å². The van der Waals surface area contributed by atoms with Gasteiger partial charge in [0.15, 0.2) is 17.6 Å². The Morgan fingerprint density at radius 1 is 1.13 bits per heavy atom. The summed E-state index contributed by atoms with van der Waals surface area (Å²) in [7, 11) is 0. The van der Waals surface area contributed by atoms with Crippen LogP contribution in [0.3, 0.4) is 0 Å². The van der Waals surface area contributed by atoms with Gasteiger partial charge in [-0.1, -0.05) is 44.7 Å². The number of aryl methyl sites for hydroxylation is 1. The summed E-state index contributed by atoms with van der Waals surface area (Å²) < 4.78 is 48.0. The Morgan fingerprint density at radius 3 is 2.51 bits per heavy atom. The highest BCUT2D eigenvalue weighted by molar-refractivity contribution is 8.14. The van der Waals surface area contributed by atoms with E-state index in [0.29, 0.717) is 35.0 Å². The minimum Gasteiger partial charge on any atom is -0.469 e. The van der Waals surface area contributed by atoms with Gasteiger partial charge in [-0.3, -0.25) is 9.69 Å². The van der Waals surface area contributed by atoms with Gasteiger partial charge in [-0.05, 0) is 66.1 Å². The predicted octanol–water partition coefficient (Wildman–Crippen LogP) is 6.88. The number of alkyl halides is 3. The number of aliphatic imine (C=N–C) groups is 1. The van der Waals surface area contributed by atoms with Gasteiger partial charge in [0.2, 0.25) is 12.3 Å². The van der Waals surface area contributed by atoms with Crippen molar-refractivity contribution in [3.8, 4) is 17.3 Å². The number of nitrogens with zero attached hydrogens (tertiary/aromatic N) is 6. The quantitative estimate of drug-likeness (QED) is 0.113. The van der Waals surface area contributed by atoms with Crippen LogP contribution in [0, 0.1) is 6.92 Å². The van der Waals surface area contributed by atoms with Crippen LogP contribution in [0.1, 0.15) is 43.6 Å². The number of amides is 3. The third-order valence-corrected chi connectivity index (χ3v) is 6.90. The summed E-state index contributed by atoms with van der Waals surface area (Å²) >= 11 is 1.27. The Hall–Kier alpha value is -4.92. The number of halogens is 3. The summed E-state index contributed by atoms with van der Waals surface area (Å²) in [5.41, 5.74) is 3.42. The third-order valence-electron chi connectivity index (χ3n) is 6.06. The van der Waals surface area contributed by atoms with Crippen molar-refractivity contribution in [3.63, 3.8) is 0 Å². The number of ether oxygens (including phenoxy) is 2. The van der Waals surface area contributed by atoms with E-state index in [2.05, 4.69) is 30.1 Å². The van der Waals surface area contributed by atoms with Gasteiger partial charge in [0.05, 0.1) is 23.3 Å². The SMILES string of the molecule is CCS/C(=N\C(=O)Nc1ccc(OCc2ncn(-c3ccc(OC(F)(F)F)cc3)n2)nc1)N(C=O)c1cc(C)ccc1C(C)C. The number of pyridine rings is 1. The number of hydrogen-bond acceptors (Lipinski definition) is 8. The number of aromatic nitrogens is 4. The van der Waals surface area contributed by atoms with Crippen LogP contribution >= 0.6 is 11.8 Å². The van der Waals surface area contributed by atoms with Crippen LogP contribution in [-0.4, -0.2) is 49.5 Å². The van der Waals surface area contributed by atoms with E-state index in [1.807, 2.05) is 45.9 Å². The summed E-state index contributed by atoms with van der Waals surface area (Å²) in [5, 5.41) is 7.14. The second-order valence-corrected chi connectivity index (χ2v) is 11.0. The molecule has 0 aliphatic heterocycles. The van der Waals surface area contributed by atoms with E-state index in [1.165, 1.54) is 64.2 Å². The standard InChI is InChI=1S/C30H30F3N7O4S/c1-5-45-29(39(18-41)25-14-20(4)6-12-24(25)19(2)3)37-28(42)36-21-7-13-27(34-15-21)43-16-26-35-17-40(38-26)22-8-10-23(11-9-22)44-30(31,32)33/h6-15,17-19H,5,16H2,1-4H3,(H,36,42)/b37-29-. The molecule has 15 heteroatoms. The molecule has 0 unspecified atom stereocenters. The van der Waals surface area contributed by atoms with Crippen LogP contribution in [0.15, 0.2) is 72.1 Å². The molecule has 4 aromatic rings. The number of anilines is 2. The molecule has 0 saturated carbocycles. The molecule has 0 aliphatic rings. The molecule has 1 N–H and O–H groups in total. The molecule has 0 radical (unpaired) electrons. The maximum absolute atomic E-state index is 12.8. The topological polar surface area (TPSA) is 124 Å². The van der Waals surface area contributed by atoms with Gasteiger partial charge >= 0.3 is 12.4 Å². The molecule has 4 rings (SSSR count). The minimum atomic E-state index is -4.78. The Balaban J connectivity index is 1.37. The smallest absolute Gasteiger partial charge is 0.469 e. The summed E-state index contributed by atoms with van der Waals surface area (Å²) in [6, 6.07) is 13.4. The molecule has 2 aromatic heterocycles. The molecule has 2 aromatic carbocycles. The van der Waals surface area contributed by atoms with Crippen LogP contribution in [0.4, 0.5) is 29.3 Å². The Morgan fingerprint density at radius 2 is 1.89 bits per heavy atom. The second kappa shape index (κ2) is 14.7. The van der Waals surface area contributed by atoms with E-state index in [0.717, 1.165) is 11.1 Å². The van der Waals surface area contributed by atoms with Gasteiger partial charge in [0, 0.05) is 6.07 Å². The lowest BCUT2D eigenvalue weighted by molar-refractivity contribution is -0.274. The van der Waals surface area contributed by atoms with E-state index in [9.17, 15) is 22.8 Å². The van der Waals surface area contributed by atoms with Gasteiger partial charge in [0.25, 0.3) is 0 Å². The molecule has 0 atom stereocenters. The molecule has 3 amide bonds. The molecular weight excluding hydrogens is 611 g/mol. The van der Waals surface area contributed by atoms with Gasteiger partial charge in [-0.15, -0.1) is 18.3 Å². The number of nitrogens with one attached hydrogen (secondary N) is 1. The highest BCUT2D eigenvalue weighted by atomic mass is 32.2. The van der Waals surface area contributed by atoms with Crippen molar-refractivity contribution >= 4 is 40.7 Å². The maximum Gasteiger partial charge on any atom is 0.573 e. The Kier molecular flexibility index (Phi) is 10.8. The molecule has 11 nitrogen and oxygen atoms in total. The van der Waals surface area contributed by atoms with Crippen molar-refractivity contribution in [1.29, 1.82) is 0 Å². The lowest BCUT2D eigenvalue weighted by Crippen LogP contribution is -2.30. The molecule has 45 heavy (non-hydrogen) atoms. The molecular formula is C30H30F3N7O4S. The second-order valence-electron chi connectivity index (χ2n) is 9.77. The number of rotatable bonds is 10. The van der Waals surface area contributed by atoms with Crippen molar-refractivity contribution in [3.05, 3.63) is 84.1 Å². The van der Waals surface area contributed by atoms with Crippen LogP contribution in [0.25, 0.3) is 5.69 Å². The number of carbonyl (C=O) groups is 2. The highest BCUT2D eigenvalue weighted by Crippen LogP contribution is 2.30. The normalized spacial score (nSPS) is 11.8. The molecule has 236 valence electrons. The molecule has 0 spiro atoms. The van der Waals surface area contributed by atoms with Gasteiger partial charge in [-0.2, -0.15) is 4.99 Å². The fourth-order valence-electron chi connectivity index (χ4n) is 4.05. The number of hydrogen-bond donors (Lipinski definition) is 1. The van der Waals surface area contributed by atoms with Crippen molar-refractivity contribution in [1.82, 2.24) is 19.7 Å².